The van der Waals surface area contributed by atoms with E-state index in [2.05, 4.69) is 10.7 Å². The van der Waals surface area contributed by atoms with Crippen LogP contribution in [0.15, 0.2) is 48.5 Å². The van der Waals surface area contributed by atoms with E-state index in [9.17, 15) is 4.79 Å². The zero-order valence-electron chi connectivity index (χ0n) is 10.3. The normalized spacial score (nSPS) is 10.0. The van der Waals surface area contributed by atoms with Gasteiger partial charge in [-0.15, -0.1) is 0 Å². The summed E-state index contributed by atoms with van der Waals surface area (Å²) in [7, 11) is 0. The van der Waals surface area contributed by atoms with Gasteiger partial charge in [0.25, 0.3) is 5.91 Å². The number of aliphatic hydroxyl groups excluding tert-OH is 1. The number of para-hydroxylation sites is 1. The Hall–Kier alpha value is -2.37. The first kappa shape index (κ1) is 13.1. The van der Waals surface area contributed by atoms with Crippen LogP contribution in [0.4, 0.5) is 11.4 Å². The Balaban J connectivity index is 2.16. The van der Waals surface area contributed by atoms with Crippen molar-refractivity contribution in [3.63, 3.8) is 0 Å². The zero-order valence-corrected chi connectivity index (χ0v) is 10.3. The molecule has 0 saturated carbocycles. The molecule has 0 fully saturated rings. The van der Waals surface area contributed by atoms with Crippen molar-refractivity contribution in [2.45, 2.75) is 6.61 Å². The highest BCUT2D eigenvalue weighted by atomic mass is 16.3. The number of nitrogen functional groups attached to an aromatic ring is 1. The van der Waals surface area contributed by atoms with Crippen LogP contribution in [0.2, 0.25) is 0 Å². The summed E-state index contributed by atoms with van der Waals surface area (Å²) in [5, 5.41) is 11.7. The molecular weight excluding hydrogens is 242 g/mol. The molecular formula is C14H15N3O2. The van der Waals surface area contributed by atoms with Gasteiger partial charge in [0, 0.05) is 5.69 Å². The third kappa shape index (κ3) is 3.09. The number of hydrazine groups is 1. The second-order valence-electron chi connectivity index (χ2n) is 4.00. The third-order valence-electron chi connectivity index (χ3n) is 2.72. The number of benzene rings is 2. The predicted octanol–water partition coefficient (Wildman–Crippen LogP) is 1.72. The first-order valence-electron chi connectivity index (χ1n) is 5.81. The Morgan fingerprint density at radius 3 is 2.42 bits per heavy atom. The standard InChI is InChI=1S/C14H15N3O2/c15-17-13-4-2-1-3-12(13)14(19)16-11-7-5-10(9-18)6-8-11/h1-8,17-18H,9,15H2,(H,16,19). The molecule has 0 aliphatic rings. The fourth-order valence-electron chi connectivity index (χ4n) is 1.70. The molecule has 2 rings (SSSR count). The summed E-state index contributed by atoms with van der Waals surface area (Å²) in [5.74, 6) is 5.12. The van der Waals surface area contributed by atoms with E-state index < -0.39 is 0 Å². The van der Waals surface area contributed by atoms with Crippen LogP contribution in [-0.2, 0) is 6.61 Å². The summed E-state index contributed by atoms with van der Waals surface area (Å²) in [6, 6.07) is 14.0. The van der Waals surface area contributed by atoms with E-state index in [1.54, 1.807) is 48.5 Å². The number of hydrogen-bond acceptors (Lipinski definition) is 4. The molecule has 0 aliphatic carbocycles. The van der Waals surface area contributed by atoms with Gasteiger partial charge in [0.2, 0.25) is 0 Å². The minimum atomic E-state index is -0.245. The van der Waals surface area contributed by atoms with Gasteiger partial charge in [-0.25, -0.2) is 0 Å². The number of anilines is 2. The van der Waals surface area contributed by atoms with Crippen LogP contribution in [-0.4, -0.2) is 11.0 Å². The maximum atomic E-state index is 12.1. The predicted molar refractivity (Wildman–Crippen MR) is 74.6 cm³/mol. The van der Waals surface area contributed by atoms with Crippen molar-refractivity contribution in [1.29, 1.82) is 0 Å². The molecule has 0 spiro atoms. The molecule has 19 heavy (non-hydrogen) atoms. The van der Waals surface area contributed by atoms with E-state index in [1.807, 2.05) is 0 Å². The van der Waals surface area contributed by atoms with Crippen LogP contribution in [0, 0.1) is 0 Å². The molecule has 98 valence electrons. The van der Waals surface area contributed by atoms with Gasteiger partial charge in [-0.05, 0) is 29.8 Å². The Labute approximate surface area is 111 Å². The number of rotatable bonds is 4. The fourth-order valence-corrected chi connectivity index (χ4v) is 1.70. The Kier molecular flexibility index (Phi) is 4.12. The second kappa shape index (κ2) is 5.99. The summed E-state index contributed by atoms with van der Waals surface area (Å²) in [4.78, 5) is 12.1. The average molecular weight is 257 g/mol. The van der Waals surface area contributed by atoms with Gasteiger partial charge in [-0.2, -0.15) is 0 Å². The molecule has 0 radical (unpaired) electrons. The molecule has 0 atom stereocenters. The molecule has 2 aromatic rings. The Morgan fingerprint density at radius 2 is 1.79 bits per heavy atom. The van der Waals surface area contributed by atoms with Gasteiger partial charge in [0.05, 0.1) is 17.9 Å². The maximum Gasteiger partial charge on any atom is 0.257 e. The van der Waals surface area contributed by atoms with E-state index in [0.717, 1.165) is 5.56 Å². The Bertz CT molecular complexity index is 567. The zero-order chi connectivity index (χ0) is 13.7. The largest absolute Gasteiger partial charge is 0.392 e. The van der Waals surface area contributed by atoms with E-state index in [1.165, 1.54) is 0 Å². The first-order valence-corrected chi connectivity index (χ1v) is 5.81. The topological polar surface area (TPSA) is 87.4 Å². The van der Waals surface area contributed by atoms with Crippen molar-refractivity contribution in [1.82, 2.24) is 0 Å². The molecule has 0 unspecified atom stereocenters. The average Bonchev–Trinajstić information content (AvgIpc) is 2.48. The Morgan fingerprint density at radius 1 is 1.11 bits per heavy atom. The summed E-state index contributed by atoms with van der Waals surface area (Å²) in [5.41, 5.74) is 4.97. The summed E-state index contributed by atoms with van der Waals surface area (Å²) < 4.78 is 0. The fraction of sp³-hybridized carbons (Fsp3) is 0.0714. The lowest BCUT2D eigenvalue weighted by Gasteiger charge is -2.09. The van der Waals surface area contributed by atoms with Gasteiger partial charge in [-0.1, -0.05) is 24.3 Å². The molecule has 5 N–H and O–H groups in total. The van der Waals surface area contributed by atoms with Crippen LogP contribution >= 0.6 is 0 Å². The van der Waals surface area contributed by atoms with Crippen LogP contribution in [0.5, 0.6) is 0 Å². The summed E-state index contributed by atoms with van der Waals surface area (Å²) in [6.07, 6.45) is 0. The minimum absolute atomic E-state index is 0.0197. The molecule has 1 amide bonds. The SMILES string of the molecule is NNc1ccccc1C(=O)Nc1ccc(CO)cc1. The van der Waals surface area contributed by atoms with E-state index >= 15 is 0 Å². The molecule has 0 aromatic heterocycles. The number of carbonyl (C=O) groups excluding carboxylic acids is 1. The molecule has 0 bridgehead atoms. The van der Waals surface area contributed by atoms with Gasteiger partial charge in [0.1, 0.15) is 0 Å². The van der Waals surface area contributed by atoms with Crippen molar-refractivity contribution >= 4 is 17.3 Å². The highest BCUT2D eigenvalue weighted by Crippen LogP contribution is 2.16. The summed E-state index contributed by atoms with van der Waals surface area (Å²) >= 11 is 0. The number of hydrogen-bond donors (Lipinski definition) is 4. The molecule has 5 nitrogen and oxygen atoms in total. The van der Waals surface area contributed by atoms with Crippen LogP contribution in [0.1, 0.15) is 15.9 Å². The van der Waals surface area contributed by atoms with Crippen molar-refractivity contribution in [2.75, 3.05) is 10.7 Å². The quantitative estimate of drug-likeness (QED) is 0.496. The maximum absolute atomic E-state index is 12.1. The number of nitrogens with two attached hydrogens (primary N) is 1. The van der Waals surface area contributed by atoms with E-state index in [0.29, 0.717) is 16.9 Å². The number of carbonyl (C=O) groups is 1. The van der Waals surface area contributed by atoms with Gasteiger partial charge < -0.3 is 15.8 Å². The lowest BCUT2D eigenvalue weighted by Crippen LogP contribution is -2.17. The van der Waals surface area contributed by atoms with Crippen molar-refractivity contribution in [2.24, 2.45) is 5.84 Å². The molecule has 0 aliphatic heterocycles. The van der Waals surface area contributed by atoms with Gasteiger partial charge in [0.15, 0.2) is 0 Å². The molecule has 0 saturated heterocycles. The lowest BCUT2D eigenvalue weighted by molar-refractivity contribution is 0.102. The third-order valence-corrected chi connectivity index (χ3v) is 2.72. The lowest BCUT2D eigenvalue weighted by atomic mass is 10.1. The van der Waals surface area contributed by atoms with Gasteiger partial charge >= 0.3 is 0 Å². The summed E-state index contributed by atoms with van der Waals surface area (Å²) in [6.45, 7) is -0.0197. The van der Waals surface area contributed by atoms with Gasteiger partial charge in [-0.3, -0.25) is 10.6 Å². The highest BCUT2D eigenvalue weighted by molar-refractivity contribution is 6.07. The molecule has 2 aromatic carbocycles. The second-order valence-corrected chi connectivity index (χ2v) is 4.00. The van der Waals surface area contributed by atoms with E-state index in [-0.39, 0.29) is 12.5 Å². The monoisotopic (exact) mass is 257 g/mol. The number of nitrogens with one attached hydrogen (secondary N) is 2. The van der Waals surface area contributed by atoms with Crippen molar-refractivity contribution in [3.05, 3.63) is 59.7 Å². The molecule has 0 heterocycles. The molecule has 5 heteroatoms. The smallest absolute Gasteiger partial charge is 0.257 e. The van der Waals surface area contributed by atoms with Crippen molar-refractivity contribution in [3.8, 4) is 0 Å². The minimum Gasteiger partial charge on any atom is -0.392 e. The van der Waals surface area contributed by atoms with Crippen LogP contribution in [0.25, 0.3) is 0 Å². The van der Waals surface area contributed by atoms with E-state index in [4.69, 9.17) is 10.9 Å². The number of aliphatic hydroxyl groups is 1. The number of amides is 1. The highest BCUT2D eigenvalue weighted by Gasteiger charge is 2.10. The first-order chi connectivity index (χ1) is 9.24. The van der Waals surface area contributed by atoms with Crippen molar-refractivity contribution < 1.29 is 9.90 Å². The van der Waals surface area contributed by atoms with Crippen LogP contribution < -0.4 is 16.6 Å². The van der Waals surface area contributed by atoms with Crippen LogP contribution in [0.3, 0.4) is 0 Å².